The highest BCUT2D eigenvalue weighted by Gasteiger charge is 2.39. The first kappa shape index (κ1) is 18.1. The van der Waals surface area contributed by atoms with Gasteiger partial charge in [-0.25, -0.2) is 0 Å². The van der Waals surface area contributed by atoms with Crippen molar-refractivity contribution < 1.29 is 14.9 Å². The fourth-order valence-corrected chi connectivity index (χ4v) is 3.52. The number of hydrogen-bond donors (Lipinski definition) is 2. The molecule has 0 radical (unpaired) electrons. The van der Waals surface area contributed by atoms with Gasteiger partial charge in [-0.05, 0) is 11.1 Å². The fraction of sp³-hybridized carbons (Fsp3) is 0.429. The number of piperidine rings is 1. The SMILES string of the molecule is CC1C(O)C(O)CN(Cc2ccccc2)C1COCc1ccccc1. The molecule has 2 aromatic rings. The predicted molar refractivity (Wildman–Crippen MR) is 97.9 cm³/mol. The van der Waals surface area contributed by atoms with Crippen LogP contribution < -0.4 is 0 Å². The Labute approximate surface area is 149 Å². The van der Waals surface area contributed by atoms with Gasteiger partial charge in [0.25, 0.3) is 0 Å². The zero-order valence-electron chi connectivity index (χ0n) is 14.7. The van der Waals surface area contributed by atoms with Crippen LogP contribution in [0.3, 0.4) is 0 Å². The van der Waals surface area contributed by atoms with Crippen molar-refractivity contribution in [1.29, 1.82) is 0 Å². The lowest BCUT2D eigenvalue weighted by molar-refractivity contribution is -0.115. The molecular formula is C21H27NO3. The first-order valence-corrected chi connectivity index (χ1v) is 8.91. The zero-order chi connectivity index (χ0) is 17.6. The summed E-state index contributed by atoms with van der Waals surface area (Å²) in [5.41, 5.74) is 2.34. The van der Waals surface area contributed by atoms with Crippen LogP contribution in [-0.4, -0.2) is 46.5 Å². The molecule has 0 spiro atoms. The lowest BCUT2D eigenvalue weighted by Crippen LogP contribution is -2.58. The molecule has 25 heavy (non-hydrogen) atoms. The first-order valence-electron chi connectivity index (χ1n) is 8.91. The van der Waals surface area contributed by atoms with E-state index in [1.165, 1.54) is 5.56 Å². The minimum Gasteiger partial charge on any atom is -0.390 e. The van der Waals surface area contributed by atoms with E-state index in [0.29, 0.717) is 19.8 Å². The number of benzene rings is 2. The van der Waals surface area contributed by atoms with E-state index < -0.39 is 12.2 Å². The van der Waals surface area contributed by atoms with Crippen molar-refractivity contribution in [3.63, 3.8) is 0 Å². The second-order valence-corrected chi connectivity index (χ2v) is 6.90. The molecule has 1 aliphatic rings. The highest BCUT2D eigenvalue weighted by atomic mass is 16.5. The molecule has 4 nitrogen and oxygen atoms in total. The Balaban J connectivity index is 1.65. The van der Waals surface area contributed by atoms with Crippen LogP contribution in [0.5, 0.6) is 0 Å². The summed E-state index contributed by atoms with van der Waals surface area (Å²) >= 11 is 0. The van der Waals surface area contributed by atoms with Crippen molar-refractivity contribution >= 4 is 0 Å². The average Bonchev–Trinajstić information content (AvgIpc) is 2.64. The largest absolute Gasteiger partial charge is 0.390 e. The summed E-state index contributed by atoms with van der Waals surface area (Å²) in [4.78, 5) is 2.22. The predicted octanol–water partition coefficient (Wildman–Crippen LogP) is 2.45. The summed E-state index contributed by atoms with van der Waals surface area (Å²) in [7, 11) is 0. The van der Waals surface area contributed by atoms with E-state index >= 15 is 0 Å². The number of aliphatic hydroxyl groups is 2. The van der Waals surface area contributed by atoms with Crippen molar-refractivity contribution in [1.82, 2.24) is 4.90 Å². The van der Waals surface area contributed by atoms with Crippen LogP contribution in [0.4, 0.5) is 0 Å². The third-order valence-electron chi connectivity index (χ3n) is 5.06. The first-order chi connectivity index (χ1) is 12.1. The van der Waals surface area contributed by atoms with Gasteiger partial charge >= 0.3 is 0 Å². The molecule has 0 saturated carbocycles. The normalized spacial score (nSPS) is 27.3. The fourth-order valence-electron chi connectivity index (χ4n) is 3.52. The van der Waals surface area contributed by atoms with Crippen LogP contribution in [0.15, 0.2) is 60.7 Å². The Kier molecular flexibility index (Phi) is 6.21. The highest BCUT2D eigenvalue weighted by molar-refractivity contribution is 5.15. The maximum atomic E-state index is 10.3. The molecule has 0 aliphatic carbocycles. The molecule has 134 valence electrons. The molecule has 2 N–H and O–H groups in total. The molecule has 0 amide bonds. The topological polar surface area (TPSA) is 52.9 Å². The van der Waals surface area contributed by atoms with Gasteiger partial charge in [-0.15, -0.1) is 0 Å². The molecule has 0 bridgehead atoms. The van der Waals surface area contributed by atoms with Crippen LogP contribution in [-0.2, 0) is 17.9 Å². The second kappa shape index (κ2) is 8.59. The maximum Gasteiger partial charge on any atom is 0.0929 e. The van der Waals surface area contributed by atoms with Gasteiger partial charge in [0.1, 0.15) is 0 Å². The summed E-state index contributed by atoms with van der Waals surface area (Å²) in [5, 5.41) is 20.5. The molecule has 4 unspecified atom stereocenters. The van der Waals surface area contributed by atoms with Gasteiger partial charge in [0.05, 0.1) is 25.4 Å². The van der Waals surface area contributed by atoms with E-state index in [2.05, 4.69) is 17.0 Å². The monoisotopic (exact) mass is 341 g/mol. The smallest absolute Gasteiger partial charge is 0.0929 e. The molecule has 1 heterocycles. The molecule has 4 heteroatoms. The molecule has 2 aromatic carbocycles. The van der Waals surface area contributed by atoms with E-state index in [9.17, 15) is 10.2 Å². The summed E-state index contributed by atoms with van der Waals surface area (Å²) in [6.07, 6.45) is -1.43. The van der Waals surface area contributed by atoms with Crippen molar-refractivity contribution in [2.45, 2.75) is 38.3 Å². The molecular weight excluding hydrogens is 314 g/mol. The summed E-state index contributed by atoms with van der Waals surface area (Å²) < 4.78 is 5.95. The Bertz CT molecular complexity index is 634. The standard InChI is InChI=1S/C21H27NO3/c1-16-19(15-25-14-18-10-6-3-7-11-18)22(13-20(23)21(16)24)12-17-8-4-2-5-9-17/h2-11,16,19-21,23-24H,12-15H2,1H3. The van der Waals surface area contributed by atoms with Crippen LogP contribution in [0.2, 0.25) is 0 Å². The summed E-state index contributed by atoms with van der Waals surface area (Å²) in [6.45, 7) is 4.28. The van der Waals surface area contributed by atoms with Gasteiger partial charge in [-0.2, -0.15) is 0 Å². The molecule has 1 fully saturated rings. The van der Waals surface area contributed by atoms with E-state index in [4.69, 9.17) is 4.74 Å². The van der Waals surface area contributed by atoms with Crippen LogP contribution in [0.25, 0.3) is 0 Å². The Morgan fingerprint density at radius 1 is 0.960 bits per heavy atom. The quantitative estimate of drug-likeness (QED) is 0.847. The molecule has 4 atom stereocenters. The summed E-state index contributed by atoms with van der Waals surface area (Å²) in [6, 6.07) is 20.4. The lowest BCUT2D eigenvalue weighted by Gasteiger charge is -2.44. The average molecular weight is 341 g/mol. The number of ether oxygens (including phenoxy) is 1. The van der Waals surface area contributed by atoms with Crippen LogP contribution in [0.1, 0.15) is 18.1 Å². The molecule has 1 saturated heterocycles. The molecule has 3 rings (SSSR count). The highest BCUT2D eigenvalue weighted by Crippen LogP contribution is 2.26. The third kappa shape index (κ3) is 4.67. The van der Waals surface area contributed by atoms with Gasteiger partial charge < -0.3 is 14.9 Å². The van der Waals surface area contributed by atoms with Gasteiger partial charge in [0.15, 0.2) is 0 Å². The number of β-amino-alcohol motifs (C(OH)–C–C–N with tert-alkyl or cyclic N) is 1. The number of hydrogen-bond acceptors (Lipinski definition) is 4. The molecule has 1 aliphatic heterocycles. The lowest BCUT2D eigenvalue weighted by atomic mass is 9.86. The van der Waals surface area contributed by atoms with Crippen molar-refractivity contribution in [3.8, 4) is 0 Å². The third-order valence-corrected chi connectivity index (χ3v) is 5.06. The van der Waals surface area contributed by atoms with E-state index in [1.807, 2.05) is 55.5 Å². The van der Waals surface area contributed by atoms with Gasteiger partial charge in [-0.1, -0.05) is 67.6 Å². The van der Waals surface area contributed by atoms with E-state index in [0.717, 1.165) is 12.1 Å². The van der Waals surface area contributed by atoms with E-state index in [1.54, 1.807) is 0 Å². The minimum absolute atomic E-state index is 0.0526. The van der Waals surface area contributed by atoms with Gasteiger partial charge in [-0.3, -0.25) is 4.90 Å². The number of nitrogens with zero attached hydrogens (tertiary/aromatic N) is 1. The van der Waals surface area contributed by atoms with Crippen LogP contribution in [0, 0.1) is 5.92 Å². The maximum absolute atomic E-state index is 10.3. The number of aliphatic hydroxyl groups excluding tert-OH is 2. The second-order valence-electron chi connectivity index (χ2n) is 6.90. The van der Waals surface area contributed by atoms with Crippen LogP contribution >= 0.6 is 0 Å². The Morgan fingerprint density at radius 3 is 2.20 bits per heavy atom. The van der Waals surface area contributed by atoms with Crippen molar-refractivity contribution in [2.24, 2.45) is 5.92 Å². The summed E-state index contributed by atoms with van der Waals surface area (Å²) in [5.74, 6) is -0.0526. The minimum atomic E-state index is -0.718. The number of likely N-dealkylation sites (tertiary alicyclic amines) is 1. The zero-order valence-corrected chi connectivity index (χ0v) is 14.7. The van der Waals surface area contributed by atoms with E-state index in [-0.39, 0.29) is 12.0 Å². The molecule has 0 aromatic heterocycles. The Hall–Kier alpha value is -1.72. The number of rotatable bonds is 6. The Morgan fingerprint density at radius 2 is 1.56 bits per heavy atom. The van der Waals surface area contributed by atoms with Crippen molar-refractivity contribution in [3.05, 3.63) is 71.8 Å². The van der Waals surface area contributed by atoms with Crippen molar-refractivity contribution in [2.75, 3.05) is 13.2 Å². The van der Waals surface area contributed by atoms with Gasteiger partial charge in [0, 0.05) is 25.0 Å². The van der Waals surface area contributed by atoms with Gasteiger partial charge in [0.2, 0.25) is 0 Å².